The standard InChI is InChI=1S/C18H17N3O3/c1-12-4-3-5-14(10-12)18(22)20-15-6-8-16(9-7-15)23-11-17-19-13(2)24-21-17/h3-10H,11H2,1-2H3,(H,20,22). The number of nitrogens with one attached hydrogen (secondary N) is 1. The fourth-order valence-electron chi connectivity index (χ4n) is 2.17. The molecule has 2 aromatic carbocycles. The van der Waals surface area contributed by atoms with Gasteiger partial charge in [-0.15, -0.1) is 0 Å². The highest BCUT2D eigenvalue weighted by Crippen LogP contribution is 2.17. The normalized spacial score (nSPS) is 10.4. The SMILES string of the molecule is Cc1cccc(C(=O)Nc2ccc(OCc3noc(C)n3)cc2)c1. The molecular weight excluding hydrogens is 306 g/mol. The molecule has 0 saturated heterocycles. The number of carbonyl (C=O) groups excluding carboxylic acids is 1. The number of hydrogen-bond donors (Lipinski definition) is 1. The molecule has 0 radical (unpaired) electrons. The molecule has 0 bridgehead atoms. The Bertz CT molecular complexity index is 841. The average molecular weight is 323 g/mol. The molecule has 3 aromatic rings. The molecule has 0 saturated carbocycles. The molecule has 122 valence electrons. The maximum atomic E-state index is 12.2. The molecule has 6 nitrogen and oxygen atoms in total. The molecule has 1 amide bonds. The van der Waals surface area contributed by atoms with Crippen molar-refractivity contribution in [1.29, 1.82) is 0 Å². The maximum absolute atomic E-state index is 12.2. The molecule has 3 rings (SSSR count). The molecule has 6 heteroatoms. The van der Waals surface area contributed by atoms with Crippen LogP contribution >= 0.6 is 0 Å². The monoisotopic (exact) mass is 323 g/mol. The Morgan fingerprint density at radius 2 is 1.96 bits per heavy atom. The van der Waals surface area contributed by atoms with Crippen LogP contribution in [0.15, 0.2) is 53.1 Å². The van der Waals surface area contributed by atoms with Gasteiger partial charge in [0.2, 0.25) is 11.7 Å². The highest BCUT2D eigenvalue weighted by molar-refractivity contribution is 6.04. The Balaban J connectivity index is 1.59. The number of aromatic nitrogens is 2. The van der Waals surface area contributed by atoms with E-state index in [1.807, 2.05) is 25.1 Å². The van der Waals surface area contributed by atoms with E-state index < -0.39 is 0 Å². The van der Waals surface area contributed by atoms with E-state index in [0.29, 0.717) is 28.7 Å². The van der Waals surface area contributed by atoms with Crippen LogP contribution in [0.1, 0.15) is 27.6 Å². The Morgan fingerprint density at radius 3 is 2.62 bits per heavy atom. The summed E-state index contributed by atoms with van der Waals surface area (Å²) in [5, 5.41) is 6.62. The number of amides is 1. The highest BCUT2D eigenvalue weighted by Gasteiger charge is 2.07. The zero-order chi connectivity index (χ0) is 16.9. The van der Waals surface area contributed by atoms with Crippen molar-refractivity contribution in [3.63, 3.8) is 0 Å². The Kier molecular flexibility index (Phi) is 4.56. The quantitative estimate of drug-likeness (QED) is 0.777. The average Bonchev–Trinajstić information content (AvgIpc) is 3.00. The number of rotatable bonds is 5. The van der Waals surface area contributed by atoms with E-state index >= 15 is 0 Å². The molecule has 1 aromatic heterocycles. The maximum Gasteiger partial charge on any atom is 0.255 e. The Hall–Kier alpha value is -3.15. The summed E-state index contributed by atoms with van der Waals surface area (Å²) < 4.78 is 10.4. The van der Waals surface area contributed by atoms with Gasteiger partial charge in [-0.05, 0) is 43.3 Å². The predicted octanol–water partition coefficient (Wildman–Crippen LogP) is 3.52. The highest BCUT2D eigenvalue weighted by atomic mass is 16.5. The van der Waals surface area contributed by atoms with Gasteiger partial charge in [0, 0.05) is 18.2 Å². The van der Waals surface area contributed by atoms with Gasteiger partial charge < -0.3 is 14.6 Å². The number of ether oxygens (including phenoxy) is 1. The fraction of sp³-hybridized carbons (Fsp3) is 0.167. The van der Waals surface area contributed by atoms with E-state index in [1.165, 1.54) is 0 Å². The lowest BCUT2D eigenvalue weighted by molar-refractivity contribution is 0.102. The van der Waals surface area contributed by atoms with E-state index in [-0.39, 0.29) is 12.5 Å². The summed E-state index contributed by atoms with van der Waals surface area (Å²) in [6.07, 6.45) is 0. The second-order valence-electron chi connectivity index (χ2n) is 5.37. The van der Waals surface area contributed by atoms with Crippen LogP contribution in [0, 0.1) is 13.8 Å². The molecule has 0 fully saturated rings. The van der Waals surface area contributed by atoms with Crippen molar-refractivity contribution in [2.24, 2.45) is 0 Å². The molecule has 0 atom stereocenters. The summed E-state index contributed by atoms with van der Waals surface area (Å²) in [5.41, 5.74) is 2.37. The third kappa shape index (κ3) is 3.98. The fourth-order valence-corrected chi connectivity index (χ4v) is 2.17. The zero-order valence-electron chi connectivity index (χ0n) is 13.4. The second kappa shape index (κ2) is 6.95. The largest absolute Gasteiger partial charge is 0.485 e. The van der Waals surface area contributed by atoms with Gasteiger partial charge in [0.1, 0.15) is 5.75 Å². The summed E-state index contributed by atoms with van der Waals surface area (Å²) in [4.78, 5) is 16.3. The summed E-state index contributed by atoms with van der Waals surface area (Å²) in [7, 11) is 0. The van der Waals surface area contributed by atoms with E-state index in [4.69, 9.17) is 9.26 Å². The first-order valence-electron chi connectivity index (χ1n) is 7.50. The molecule has 24 heavy (non-hydrogen) atoms. The van der Waals surface area contributed by atoms with Crippen molar-refractivity contribution in [3.05, 3.63) is 71.4 Å². The van der Waals surface area contributed by atoms with Gasteiger partial charge in [0.15, 0.2) is 6.61 Å². The predicted molar refractivity (Wildman–Crippen MR) is 88.9 cm³/mol. The first kappa shape index (κ1) is 15.7. The minimum atomic E-state index is -0.144. The van der Waals surface area contributed by atoms with Crippen molar-refractivity contribution in [1.82, 2.24) is 10.1 Å². The molecule has 1 heterocycles. The number of nitrogens with zero attached hydrogens (tertiary/aromatic N) is 2. The van der Waals surface area contributed by atoms with Crippen molar-refractivity contribution >= 4 is 11.6 Å². The first-order chi connectivity index (χ1) is 11.6. The zero-order valence-corrected chi connectivity index (χ0v) is 13.4. The van der Waals surface area contributed by atoms with Gasteiger partial charge in [0.25, 0.3) is 5.91 Å². The Labute approximate surface area is 139 Å². The summed E-state index contributed by atoms with van der Waals surface area (Å²) in [6, 6.07) is 14.6. The van der Waals surface area contributed by atoms with Crippen molar-refractivity contribution in [2.45, 2.75) is 20.5 Å². The summed E-state index contributed by atoms with van der Waals surface area (Å²) in [5.74, 6) is 1.51. The van der Waals surface area contributed by atoms with Gasteiger partial charge in [-0.2, -0.15) is 4.98 Å². The van der Waals surface area contributed by atoms with Crippen LogP contribution in [-0.4, -0.2) is 16.0 Å². The van der Waals surface area contributed by atoms with Crippen LogP contribution in [-0.2, 0) is 6.61 Å². The number of benzene rings is 2. The van der Waals surface area contributed by atoms with Crippen LogP contribution < -0.4 is 10.1 Å². The van der Waals surface area contributed by atoms with E-state index in [1.54, 1.807) is 37.3 Å². The van der Waals surface area contributed by atoms with Crippen LogP contribution in [0.2, 0.25) is 0 Å². The lowest BCUT2D eigenvalue weighted by Gasteiger charge is -2.07. The topological polar surface area (TPSA) is 77.2 Å². The van der Waals surface area contributed by atoms with Gasteiger partial charge in [-0.3, -0.25) is 4.79 Å². The van der Waals surface area contributed by atoms with Crippen molar-refractivity contribution in [2.75, 3.05) is 5.32 Å². The number of aryl methyl sites for hydroxylation is 2. The van der Waals surface area contributed by atoms with E-state index in [0.717, 1.165) is 5.56 Å². The number of anilines is 1. The van der Waals surface area contributed by atoms with Crippen LogP contribution in [0.3, 0.4) is 0 Å². The smallest absolute Gasteiger partial charge is 0.255 e. The number of carbonyl (C=O) groups is 1. The molecule has 0 aliphatic rings. The lowest BCUT2D eigenvalue weighted by atomic mass is 10.1. The minimum Gasteiger partial charge on any atom is -0.485 e. The molecular formula is C18H17N3O3. The first-order valence-corrected chi connectivity index (χ1v) is 7.50. The van der Waals surface area contributed by atoms with E-state index in [9.17, 15) is 4.79 Å². The minimum absolute atomic E-state index is 0.144. The van der Waals surface area contributed by atoms with Crippen LogP contribution in [0.4, 0.5) is 5.69 Å². The van der Waals surface area contributed by atoms with E-state index in [2.05, 4.69) is 15.5 Å². The molecule has 0 aliphatic heterocycles. The molecule has 0 spiro atoms. The molecule has 0 aliphatic carbocycles. The van der Waals surface area contributed by atoms with Gasteiger partial charge in [-0.1, -0.05) is 22.9 Å². The molecule has 0 unspecified atom stereocenters. The lowest BCUT2D eigenvalue weighted by Crippen LogP contribution is -2.11. The van der Waals surface area contributed by atoms with Gasteiger partial charge in [0.05, 0.1) is 0 Å². The third-order valence-corrected chi connectivity index (χ3v) is 3.33. The summed E-state index contributed by atoms with van der Waals surface area (Å²) >= 11 is 0. The Morgan fingerprint density at radius 1 is 1.17 bits per heavy atom. The summed E-state index contributed by atoms with van der Waals surface area (Å²) in [6.45, 7) is 3.91. The van der Waals surface area contributed by atoms with Crippen LogP contribution in [0.5, 0.6) is 5.75 Å². The van der Waals surface area contributed by atoms with Crippen molar-refractivity contribution in [3.8, 4) is 5.75 Å². The van der Waals surface area contributed by atoms with Gasteiger partial charge in [-0.25, -0.2) is 0 Å². The van der Waals surface area contributed by atoms with Crippen molar-refractivity contribution < 1.29 is 14.1 Å². The third-order valence-electron chi connectivity index (χ3n) is 3.33. The van der Waals surface area contributed by atoms with Gasteiger partial charge >= 0.3 is 0 Å². The second-order valence-corrected chi connectivity index (χ2v) is 5.37. The number of hydrogen-bond acceptors (Lipinski definition) is 5. The van der Waals surface area contributed by atoms with Crippen LogP contribution in [0.25, 0.3) is 0 Å². The molecule has 1 N–H and O–H groups in total.